The van der Waals surface area contributed by atoms with Gasteiger partial charge in [-0.15, -0.1) is 0 Å². The van der Waals surface area contributed by atoms with Crippen molar-refractivity contribution in [3.63, 3.8) is 0 Å². The van der Waals surface area contributed by atoms with Crippen molar-refractivity contribution in [1.29, 1.82) is 0 Å². The first-order valence-corrected chi connectivity index (χ1v) is 8.36. The first kappa shape index (κ1) is 18.5. The maximum atomic E-state index is 11.2. The van der Waals surface area contributed by atoms with Gasteiger partial charge in [0, 0.05) is 25.5 Å². The van der Waals surface area contributed by atoms with E-state index in [2.05, 4.69) is 37.6 Å². The van der Waals surface area contributed by atoms with Crippen LogP contribution in [-0.4, -0.2) is 41.9 Å². The first-order chi connectivity index (χ1) is 12.2. The summed E-state index contributed by atoms with van der Waals surface area (Å²) in [4.78, 5) is 15.8. The number of hydrogen-bond acceptors (Lipinski definition) is 4. The van der Waals surface area contributed by atoms with Gasteiger partial charge in [-0.2, -0.15) is 5.10 Å². The Morgan fingerprint density at radius 2 is 2.04 bits per heavy atom. The minimum Gasteiger partial charge on any atom is -0.469 e. The van der Waals surface area contributed by atoms with E-state index in [1.54, 1.807) is 6.20 Å². The number of aromatic nitrogens is 2. The number of nitrogens with one attached hydrogen (secondary N) is 2. The first-order valence-electron chi connectivity index (χ1n) is 8.36. The van der Waals surface area contributed by atoms with Crippen molar-refractivity contribution < 1.29 is 9.53 Å². The number of aliphatic imine (C=N–C) groups is 1. The lowest BCUT2D eigenvalue weighted by molar-refractivity contribution is -0.140. The zero-order valence-electron chi connectivity index (χ0n) is 14.7. The average molecular weight is 343 g/mol. The molecule has 0 radical (unpaired) electrons. The molecule has 7 nitrogen and oxygen atoms in total. The molecule has 1 heterocycles. The van der Waals surface area contributed by atoms with Crippen LogP contribution in [0.15, 0.2) is 47.7 Å². The molecule has 2 aromatic rings. The van der Waals surface area contributed by atoms with Crippen LogP contribution < -0.4 is 10.6 Å². The molecule has 0 spiro atoms. The second-order valence-corrected chi connectivity index (χ2v) is 5.42. The van der Waals surface area contributed by atoms with Crippen molar-refractivity contribution in [2.24, 2.45) is 4.99 Å². The second-order valence-electron chi connectivity index (χ2n) is 5.42. The molecule has 0 atom stereocenters. The van der Waals surface area contributed by atoms with Gasteiger partial charge in [0.05, 0.1) is 26.6 Å². The van der Waals surface area contributed by atoms with E-state index >= 15 is 0 Å². The molecule has 1 aromatic heterocycles. The Bertz CT molecular complexity index is 683. The fourth-order valence-electron chi connectivity index (χ4n) is 2.33. The minimum absolute atomic E-state index is 0.243. The van der Waals surface area contributed by atoms with Crippen LogP contribution in [0.2, 0.25) is 0 Å². The Hall–Kier alpha value is -2.83. The molecule has 0 fully saturated rings. The number of methoxy groups -OCH3 is 1. The molecule has 0 aliphatic heterocycles. The Labute approximate surface area is 148 Å². The van der Waals surface area contributed by atoms with Crippen LogP contribution in [0.4, 0.5) is 0 Å². The van der Waals surface area contributed by atoms with Gasteiger partial charge in [-0.25, -0.2) is 4.99 Å². The molecule has 0 amide bonds. The summed E-state index contributed by atoms with van der Waals surface area (Å²) < 4.78 is 6.53. The van der Waals surface area contributed by atoms with Gasteiger partial charge in [0.15, 0.2) is 5.96 Å². The smallest absolute Gasteiger partial charge is 0.307 e. The highest BCUT2D eigenvalue weighted by atomic mass is 16.5. The molecular formula is C18H25N5O2. The van der Waals surface area contributed by atoms with Crippen molar-refractivity contribution >= 4 is 11.9 Å². The highest BCUT2D eigenvalue weighted by molar-refractivity contribution is 5.80. The summed E-state index contributed by atoms with van der Waals surface area (Å²) in [6.07, 6.45) is 4.02. The summed E-state index contributed by atoms with van der Waals surface area (Å²) in [5.74, 6) is 0.438. The molecule has 7 heteroatoms. The van der Waals surface area contributed by atoms with E-state index < -0.39 is 0 Å². The lowest BCUT2D eigenvalue weighted by atomic mass is 10.1. The summed E-state index contributed by atoms with van der Waals surface area (Å²) in [6, 6.07) is 10.1. The second kappa shape index (κ2) is 10.1. The SMILES string of the molecule is CCNC(=NCc1ccccc1Cn1cccn1)NCCC(=O)OC. The summed E-state index contributed by atoms with van der Waals surface area (Å²) in [6.45, 7) is 4.49. The normalized spacial score (nSPS) is 11.2. The Kier molecular flexibility index (Phi) is 7.49. The van der Waals surface area contributed by atoms with Crippen LogP contribution in [0.1, 0.15) is 24.5 Å². The van der Waals surface area contributed by atoms with Crippen LogP contribution in [0.5, 0.6) is 0 Å². The number of rotatable bonds is 8. The van der Waals surface area contributed by atoms with Gasteiger partial charge >= 0.3 is 5.97 Å². The number of carbonyl (C=O) groups is 1. The summed E-state index contributed by atoms with van der Waals surface area (Å²) in [5, 5.41) is 10.6. The number of guanidine groups is 1. The van der Waals surface area contributed by atoms with Crippen molar-refractivity contribution in [3.05, 3.63) is 53.9 Å². The minimum atomic E-state index is -0.243. The van der Waals surface area contributed by atoms with E-state index in [1.807, 2.05) is 36.0 Å². The number of esters is 1. The summed E-state index contributed by atoms with van der Waals surface area (Å²) in [7, 11) is 1.39. The standard InChI is InChI=1S/C18H25N5O2/c1-3-19-18(20-11-9-17(24)25-2)21-13-15-7-4-5-8-16(15)14-23-12-6-10-22-23/h4-8,10,12H,3,9,11,13-14H2,1-2H3,(H2,19,20,21). The summed E-state index contributed by atoms with van der Waals surface area (Å²) >= 11 is 0. The van der Waals surface area contributed by atoms with Gasteiger partial charge < -0.3 is 15.4 Å². The Morgan fingerprint density at radius 1 is 1.24 bits per heavy atom. The van der Waals surface area contributed by atoms with Gasteiger partial charge in [-0.05, 0) is 24.1 Å². The number of carbonyl (C=O) groups excluding carboxylic acids is 1. The van der Waals surface area contributed by atoms with Gasteiger partial charge in [0.25, 0.3) is 0 Å². The molecule has 2 N–H and O–H groups in total. The summed E-state index contributed by atoms with van der Waals surface area (Å²) in [5.41, 5.74) is 2.32. The molecule has 0 saturated carbocycles. The third-order valence-electron chi connectivity index (χ3n) is 3.61. The number of nitrogens with zero attached hydrogens (tertiary/aromatic N) is 3. The maximum absolute atomic E-state index is 11.2. The van der Waals surface area contributed by atoms with E-state index in [0.717, 1.165) is 12.1 Å². The van der Waals surface area contributed by atoms with Crippen molar-refractivity contribution in [2.75, 3.05) is 20.2 Å². The zero-order chi connectivity index (χ0) is 17.9. The molecule has 0 bridgehead atoms. The molecule has 0 saturated heterocycles. The van der Waals surface area contributed by atoms with Crippen LogP contribution in [0, 0.1) is 0 Å². The van der Waals surface area contributed by atoms with E-state index in [0.29, 0.717) is 32.0 Å². The zero-order valence-corrected chi connectivity index (χ0v) is 14.7. The molecular weight excluding hydrogens is 318 g/mol. The highest BCUT2D eigenvalue weighted by Gasteiger charge is 2.05. The lowest BCUT2D eigenvalue weighted by Gasteiger charge is -2.12. The quantitative estimate of drug-likeness (QED) is 0.432. The van der Waals surface area contributed by atoms with Crippen molar-refractivity contribution in [1.82, 2.24) is 20.4 Å². The van der Waals surface area contributed by atoms with Crippen LogP contribution in [-0.2, 0) is 22.6 Å². The third-order valence-corrected chi connectivity index (χ3v) is 3.61. The van der Waals surface area contributed by atoms with E-state index in [9.17, 15) is 4.79 Å². The molecule has 0 aliphatic rings. The molecule has 0 unspecified atom stereocenters. The predicted molar refractivity (Wildman–Crippen MR) is 97.2 cm³/mol. The molecule has 134 valence electrons. The molecule has 25 heavy (non-hydrogen) atoms. The topological polar surface area (TPSA) is 80.5 Å². The molecule has 1 aromatic carbocycles. The number of ether oxygens (including phenoxy) is 1. The fraction of sp³-hybridized carbons (Fsp3) is 0.389. The van der Waals surface area contributed by atoms with Crippen LogP contribution in [0.25, 0.3) is 0 Å². The Morgan fingerprint density at radius 3 is 2.72 bits per heavy atom. The van der Waals surface area contributed by atoms with E-state index in [4.69, 9.17) is 0 Å². The fourth-order valence-corrected chi connectivity index (χ4v) is 2.33. The molecule has 0 aliphatic carbocycles. The van der Waals surface area contributed by atoms with E-state index in [1.165, 1.54) is 12.7 Å². The van der Waals surface area contributed by atoms with Crippen LogP contribution >= 0.6 is 0 Å². The average Bonchev–Trinajstić information content (AvgIpc) is 3.13. The monoisotopic (exact) mass is 343 g/mol. The number of benzene rings is 1. The highest BCUT2D eigenvalue weighted by Crippen LogP contribution is 2.11. The van der Waals surface area contributed by atoms with Crippen molar-refractivity contribution in [2.45, 2.75) is 26.4 Å². The predicted octanol–water partition coefficient (Wildman–Crippen LogP) is 1.55. The van der Waals surface area contributed by atoms with Gasteiger partial charge in [-0.3, -0.25) is 9.48 Å². The van der Waals surface area contributed by atoms with Gasteiger partial charge in [-0.1, -0.05) is 24.3 Å². The van der Waals surface area contributed by atoms with Crippen molar-refractivity contribution in [3.8, 4) is 0 Å². The lowest BCUT2D eigenvalue weighted by Crippen LogP contribution is -2.38. The molecule has 2 rings (SSSR count). The maximum Gasteiger partial charge on any atom is 0.307 e. The van der Waals surface area contributed by atoms with Gasteiger partial charge in [0.2, 0.25) is 0 Å². The number of hydrogen-bond donors (Lipinski definition) is 2. The Balaban J connectivity index is 2.00. The van der Waals surface area contributed by atoms with Crippen LogP contribution in [0.3, 0.4) is 0 Å². The largest absolute Gasteiger partial charge is 0.469 e. The van der Waals surface area contributed by atoms with E-state index in [-0.39, 0.29) is 5.97 Å². The third kappa shape index (κ3) is 6.29. The van der Waals surface area contributed by atoms with Gasteiger partial charge in [0.1, 0.15) is 0 Å².